The normalized spacial score (nSPS) is 18.9. The molecule has 134 valence electrons. The van der Waals surface area contributed by atoms with Gasteiger partial charge in [-0.3, -0.25) is 4.29 Å². The van der Waals surface area contributed by atoms with Gasteiger partial charge in [0.1, 0.15) is 0 Å². The fraction of sp³-hybridized carbons (Fsp3) is 0.261. The molecule has 0 bridgehead atoms. The Morgan fingerprint density at radius 3 is 1.73 bits per heavy atom. The molecule has 0 aliphatic heterocycles. The number of halogens is 1. The molecule has 1 nitrogen and oxygen atoms in total. The quantitative estimate of drug-likeness (QED) is 0.535. The summed E-state index contributed by atoms with van der Waals surface area (Å²) >= 11 is 2.78. The van der Waals surface area contributed by atoms with Gasteiger partial charge in [0.15, 0.2) is 0 Å². The van der Waals surface area contributed by atoms with Crippen molar-refractivity contribution in [3.8, 4) is 0 Å². The molecule has 4 rings (SSSR count). The SMILES string of the molecule is CCOCl.[CH2]=[Zr]([CH]1C=Cc2c(C)cccc21)[CH]1C=Cc2c(C)cccc21. The van der Waals surface area contributed by atoms with E-state index in [1.54, 1.807) is 0 Å². The van der Waals surface area contributed by atoms with Crippen molar-refractivity contribution >= 4 is 28.2 Å². The minimum atomic E-state index is -1.90. The van der Waals surface area contributed by atoms with E-state index in [4.69, 9.17) is 4.21 Å². The van der Waals surface area contributed by atoms with Crippen LogP contribution in [0.2, 0.25) is 0 Å². The summed E-state index contributed by atoms with van der Waals surface area (Å²) in [5, 5.41) is 0. The van der Waals surface area contributed by atoms with Crippen molar-refractivity contribution in [1.29, 1.82) is 0 Å². The van der Waals surface area contributed by atoms with Gasteiger partial charge in [0.2, 0.25) is 0 Å². The average Bonchev–Trinajstić information content (AvgIpc) is 3.27. The van der Waals surface area contributed by atoms with Gasteiger partial charge in [-0.05, 0) is 6.92 Å². The first-order valence-electron chi connectivity index (χ1n) is 9.06. The summed E-state index contributed by atoms with van der Waals surface area (Å²) in [4.78, 5) is 0. The first kappa shape index (κ1) is 19.7. The summed E-state index contributed by atoms with van der Waals surface area (Å²) in [6.45, 7) is 6.84. The molecule has 2 aliphatic rings. The zero-order valence-electron chi connectivity index (χ0n) is 15.6. The number of benzene rings is 2. The van der Waals surface area contributed by atoms with Crippen LogP contribution in [0.4, 0.5) is 0 Å². The number of hydrogen-bond acceptors (Lipinski definition) is 1. The molecule has 2 aromatic rings. The van der Waals surface area contributed by atoms with E-state index in [9.17, 15) is 0 Å². The molecule has 2 atom stereocenters. The number of fused-ring (bicyclic) bond motifs is 2. The molecule has 0 N–H and O–H groups in total. The van der Waals surface area contributed by atoms with Gasteiger partial charge >= 0.3 is 141 Å². The first-order valence-corrected chi connectivity index (χ1v) is 13.9. The molecule has 0 heterocycles. The predicted octanol–water partition coefficient (Wildman–Crippen LogP) is 6.37. The molecule has 0 fully saturated rings. The Morgan fingerprint density at radius 1 is 0.923 bits per heavy atom. The molecule has 0 saturated carbocycles. The third-order valence-electron chi connectivity index (χ3n) is 5.20. The second kappa shape index (κ2) is 8.74. The Balaban J connectivity index is 0.000000447. The van der Waals surface area contributed by atoms with Crippen molar-refractivity contribution in [3.63, 3.8) is 0 Å². The summed E-state index contributed by atoms with van der Waals surface area (Å²) in [5.74, 6) is 0. The minimum absolute atomic E-state index is 0.585. The van der Waals surface area contributed by atoms with Gasteiger partial charge < -0.3 is 0 Å². The Hall–Kier alpha value is -1.08. The zero-order valence-corrected chi connectivity index (χ0v) is 18.8. The van der Waals surface area contributed by atoms with Crippen LogP contribution in [0.3, 0.4) is 0 Å². The molecule has 26 heavy (non-hydrogen) atoms. The van der Waals surface area contributed by atoms with E-state index < -0.39 is 21.3 Å². The number of allylic oxidation sites excluding steroid dienone is 2. The van der Waals surface area contributed by atoms with Crippen molar-refractivity contribution in [1.82, 2.24) is 0 Å². The third kappa shape index (κ3) is 3.79. The fourth-order valence-corrected chi connectivity index (χ4v) is 9.68. The van der Waals surface area contributed by atoms with Crippen molar-refractivity contribution in [3.05, 3.63) is 81.9 Å². The second-order valence-electron chi connectivity index (χ2n) is 6.80. The Kier molecular flexibility index (Phi) is 6.62. The van der Waals surface area contributed by atoms with Crippen LogP contribution < -0.4 is 0 Å². The fourth-order valence-electron chi connectivity index (χ4n) is 3.84. The summed E-state index contributed by atoms with van der Waals surface area (Å²) < 4.78 is 9.99. The molecule has 2 aromatic carbocycles. The molecule has 0 spiro atoms. The Labute approximate surface area is 169 Å². The van der Waals surface area contributed by atoms with Gasteiger partial charge in [-0.2, -0.15) is 0 Å². The maximum absolute atomic E-state index is 4.75. The molecule has 3 heteroatoms. The monoisotopic (exact) mass is 442 g/mol. The molecular formula is C23H25ClOZr. The van der Waals surface area contributed by atoms with E-state index in [2.05, 4.69) is 90.7 Å². The number of rotatable bonds is 3. The van der Waals surface area contributed by atoms with E-state index in [1.165, 1.54) is 33.4 Å². The summed E-state index contributed by atoms with van der Waals surface area (Å²) in [6.07, 6.45) is 9.52. The standard InChI is InChI=1S/2C10H9.C2H5ClO.CH2.Zr/c2*1-8-4-2-5-9-6-3-7-10(8)9;1-2-4-3;;/h2*2-7H,1H3;2H2,1H3;1H2;. The van der Waals surface area contributed by atoms with Crippen LogP contribution in [-0.2, 0) is 25.6 Å². The third-order valence-corrected chi connectivity index (χ3v) is 11.8. The maximum atomic E-state index is 4.75. The van der Waals surface area contributed by atoms with E-state index in [1.807, 2.05) is 6.92 Å². The van der Waals surface area contributed by atoms with Crippen LogP contribution in [0.5, 0.6) is 0 Å². The molecule has 0 aromatic heterocycles. The molecule has 2 aliphatic carbocycles. The Bertz CT molecular complexity index is 810. The van der Waals surface area contributed by atoms with Crippen LogP contribution in [0, 0.1) is 13.8 Å². The summed E-state index contributed by atoms with van der Waals surface area (Å²) in [7, 11) is 0. The van der Waals surface area contributed by atoms with E-state index >= 15 is 0 Å². The molecule has 0 amide bonds. The van der Waals surface area contributed by atoms with Crippen LogP contribution in [-0.4, -0.2) is 10.8 Å². The predicted molar refractivity (Wildman–Crippen MR) is 111 cm³/mol. The van der Waals surface area contributed by atoms with E-state index in [-0.39, 0.29) is 0 Å². The number of hydrogen-bond donors (Lipinski definition) is 0. The molecule has 2 unspecified atom stereocenters. The van der Waals surface area contributed by atoms with Gasteiger partial charge in [0.05, 0.1) is 18.5 Å². The molecular weight excluding hydrogens is 419 g/mol. The van der Waals surface area contributed by atoms with Gasteiger partial charge in [-0.25, -0.2) is 0 Å². The summed E-state index contributed by atoms with van der Waals surface area (Å²) in [6, 6.07) is 13.5. The van der Waals surface area contributed by atoms with Crippen molar-refractivity contribution < 1.29 is 25.6 Å². The summed E-state index contributed by atoms with van der Waals surface area (Å²) in [5.41, 5.74) is 8.73. The van der Waals surface area contributed by atoms with Gasteiger partial charge in [0, 0.05) is 0 Å². The zero-order chi connectivity index (χ0) is 18.7. The van der Waals surface area contributed by atoms with Crippen LogP contribution in [0.15, 0.2) is 48.6 Å². The molecule has 0 saturated heterocycles. The topological polar surface area (TPSA) is 9.23 Å². The molecule has 0 radical (unpaired) electrons. The van der Waals surface area contributed by atoms with Crippen molar-refractivity contribution in [2.45, 2.75) is 28.0 Å². The number of aryl methyl sites for hydroxylation is 2. The van der Waals surface area contributed by atoms with Crippen LogP contribution in [0.25, 0.3) is 12.2 Å². The van der Waals surface area contributed by atoms with Gasteiger partial charge in [-0.15, -0.1) is 0 Å². The van der Waals surface area contributed by atoms with Gasteiger partial charge in [0.25, 0.3) is 0 Å². The van der Waals surface area contributed by atoms with E-state index in [0.29, 0.717) is 13.9 Å². The van der Waals surface area contributed by atoms with Crippen LogP contribution >= 0.6 is 11.9 Å². The van der Waals surface area contributed by atoms with Gasteiger partial charge in [-0.1, -0.05) is 0 Å². The Morgan fingerprint density at radius 2 is 1.35 bits per heavy atom. The van der Waals surface area contributed by atoms with Crippen molar-refractivity contribution in [2.75, 3.05) is 6.61 Å². The van der Waals surface area contributed by atoms with Crippen molar-refractivity contribution in [2.24, 2.45) is 0 Å². The van der Waals surface area contributed by atoms with E-state index in [0.717, 1.165) is 0 Å². The first-order chi connectivity index (χ1) is 12.6. The van der Waals surface area contributed by atoms with Crippen LogP contribution in [0.1, 0.15) is 47.6 Å². The second-order valence-corrected chi connectivity index (χ2v) is 12.9. The average molecular weight is 444 g/mol.